The van der Waals surface area contributed by atoms with Crippen LogP contribution in [0.25, 0.3) is 22.1 Å². The molecule has 0 amide bonds. The minimum atomic E-state index is 0.428. The maximum atomic E-state index is 4.50. The van der Waals surface area contributed by atoms with Crippen molar-refractivity contribution in [1.82, 2.24) is 14.1 Å². The Hall–Kier alpha value is -1.77. The van der Waals surface area contributed by atoms with E-state index >= 15 is 0 Å². The molecule has 0 bridgehead atoms. The minimum absolute atomic E-state index is 0.428. The fourth-order valence-corrected chi connectivity index (χ4v) is 2.43. The second-order valence-electron chi connectivity index (χ2n) is 4.51. The van der Waals surface area contributed by atoms with Crippen molar-refractivity contribution in [2.45, 2.75) is 19.9 Å². The van der Waals surface area contributed by atoms with Gasteiger partial charge in [0.2, 0.25) is 0 Å². The van der Waals surface area contributed by atoms with E-state index in [1.807, 2.05) is 13.4 Å². The van der Waals surface area contributed by atoms with Crippen molar-refractivity contribution in [3.05, 3.63) is 30.6 Å². The van der Waals surface area contributed by atoms with Crippen LogP contribution in [-0.4, -0.2) is 14.1 Å². The van der Waals surface area contributed by atoms with E-state index in [9.17, 15) is 0 Å². The summed E-state index contributed by atoms with van der Waals surface area (Å²) >= 11 is 0. The molecule has 16 heavy (non-hydrogen) atoms. The number of para-hydroxylation sites is 1. The van der Waals surface area contributed by atoms with Gasteiger partial charge in [-0.2, -0.15) is 0 Å². The summed E-state index contributed by atoms with van der Waals surface area (Å²) < 4.78 is 4.39. The van der Waals surface area contributed by atoms with Crippen molar-refractivity contribution in [3.8, 4) is 0 Å². The van der Waals surface area contributed by atoms with Crippen LogP contribution in [-0.2, 0) is 7.05 Å². The largest absolute Gasteiger partial charge is 0.332 e. The van der Waals surface area contributed by atoms with Crippen LogP contribution in [0.2, 0.25) is 0 Å². The van der Waals surface area contributed by atoms with Gasteiger partial charge in [-0.15, -0.1) is 0 Å². The van der Waals surface area contributed by atoms with Crippen LogP contribution in [0.1, 0.15) is 19.9 Å². The van der Waals surface area contributed by atoms with E-state index in [4.69, 9.17) is 0 Å². The van der Waals surface area contributed by atoms with Gasteiger partial charge in [-0.25, -0.2) is 4.98 Å². The zero-order chi connectivity index (χ0) is 11.3. The molecule has 82 valence electrons. The first-order valence-corrected chi connectivity index (χ1v) is 5.60. The molecule has 0 aliphatic rings. The molecule has 0 aliphatic heterocycles. The van der Waals surface area contributed by atoms with Gasteiger partial charge in [-0.3, -0.25) is 0 Å². The molecule has 1 aromatic carbocycles. The van der Waals surface area contributed by atoms with Crippen LogP contribution in [0, 0.1) is 0 Å². The van der Waals surface area contributed by atoms with E-state index in [0.29, 0.717) is 6.04 Å². The van der Waals surface area contributed by atoms with Gasteiger partial charge in [0.15, 0.2) is 5.65 Å². The van der Waals surface area contributed by atoms with E-state index in [2.05, 4.69) is 52.2 Å². The normalized spacial score (nSPS) is 12.0. The Balaban J connectivity index is 2.60. The fourth-order valence-electron chi connectivity index (χ4n) is 2.43. The third-order valence-corrected chi connectivity index (χ3v) is 3.08. The van der Waals surface area contributed by atoms with Crippen molar-refractivity contribution < 1.29 is 0 Å². The zero-order valence-electron chi connectivity index (χ0n) is 9.81. The molecule has 0 aliphatic carbocycles. The Kier molecular flexibility index (Phi) is 1.84. The van der Waals surface area contributed by atoms with Crippen LogP contribution < -0.4 is 0 Å². The standard InChI is InChI=1S/C13H15N3/c1-9(2)16-11-7-5-4-6-10(11)12-13(16)14-8-15(12)3/h4-9H,1-3H3. The Morgan fingerprint density at radius 2 is 1.94 bits per heavy atom. The van der Waals surface area contributed by atoms with Gasteiger partial charge in [-0.05, 0) is 19.9 Å². The predicted molar refractivity (Wildman–Crippen MR) is 66.6 cm³/mol. The van der Waals surface area contributed by atoms with Crippen molar-refractivity contribution in [2.24, 2.45) is 7.05 Å². The second kappa shape index (κ2) is 3.11. The summed E-state index contributed by atoms with van der Waals surface area (Å²) in [6.07, 6.45) is 1.88. The highest BCUT2D eigenvalue weighted by atomic mass is 15.1. The maximum Gasteiger partial charge on any atom is 0.159 e. The second-order valence-corrected chi connectivity index (χ2v) is 4.51. The SMILES string of the molecule is CC(C)n1c2ccccc2c2c1ncn2C. The maximum absolute atomic E-state index is 4.50. The smallest absolute Gasteiger partial charge is 0.159 e. The van der Waals surface area contributed by atoms with Crippen molar-refractivity contribution in [3.63, 3.8) is 0 Å². The molecule has 2 aromatic heterocycles. The molecule has 3 heteroatoms. The third kappa shape index (κ3) is 1.06. The molecule has 3 nitrogen and oxygen atoms in total. The van der Waals surface area contributed by atoms with Gasteiger partial charge in [-0.1, -0.05) is 18.2 Å². The Labute approximate surface area is 94.3 Å². The number of hydrogen-bond donors (Lipinski definition) is 0. The monoisotopic (exact) mass is 213 g/mol. The highest BCUT2D eigenvalue weighted by Gasteiger charge is 2.15. The highest BCUT2D eigenvalue weighted by molar-refractivity contribution is 6.04. The lowest BCUT2D eigenvalue weighted by molar-refractivity contribution is 0.638. The molecular weight excluding hydrogens is 198 g/mol. The average Bonchev–Trinajstić information content (AvgIpc) is 2.76. The third-order valence-electron chi connectivity index (χ3n) is 3.08. The Bertz CT molecular complexity index is 658. The number of benzene rings is 1. The topological polar surface area (TPSA) is 22.8 Å². The molecular formula is C13H15N3. The lowest BCUT2D eigenvalue weighted by Crippen LogP contribution is -1.99. The summed E-state index contributed by atoms with van der Waals surface area (Å²) in [5.41, 5.74) is 3.58. The number of aromatic nitrogens is 3. The quantitative estimate of drug-likeness (QED) is 0.609. The van der Waals surface area contributed by atoms with Gasteiger partial charge in [0.05, 0.1) is 17.4 Å². The number of fused-ring (bicyclic) bond motifs is 3. The summed E-state index contributed by atoms with van der Waals surface area (Å²) in [5.74, 6) is 0. The van der Waals surface area contributed by atoms with Crippen molar-refractivity contribution in [1.29, 1.82) is 0 Å². The Morgan fingerprint density at radius 3 is 2.69 bits per heavy atom. The number of aryl methyl sites for hydroxylation is 1. The number of imidazole rings is 1. The summed E-state index contributed by atoms with van der Waals surface area (Å²) in [7, 11) is 2.05. The molecule has 2 heterocycles. The highest BCUT2D eigenvalue weighted by Crippen LogP contribution is 2.30. The molecule has 0 saturated carbocycles. The van der Waals surface area contributed by atoms with Gasteiger partial charge in [0.1, 0.15) is 0 Å². The lowest BCUT2D eigenvalue weighted by atomic mass is 10.2. The first kappa shape index (κ1) is 9.46. The number of rotatable bonds is 1. The molecule has 0 spiro atoms. The number of hydrogen-bond acceptors (Lipinski definition) is 1. The van der Waals surface area contributed by atoms with Crippen LogP contribution in [0.4, 0.5) is 0 Å². The molecule has 0 N–H and O–H groups in total. The summed E-state index contributed by atoms with van der Waals surface area (Å²) in [6.45, 7) is 4.39. The molecule has 3 aromatic rings. The number of nitrogens with zero attached hydrogens (tertiary/aromatic N) is 3. The van der Waals surface area contributed by atoms with Gasteiger partial charge in [0.25, 0.3) is 0 Å². The molecule has 0 radical (unpaired) electrons. The molecule has 0 unspecified atom stereocenters. The van der Waals surface area contributed by atoms with Gasteiger partial charge < -0.3 is 9.13 Å². The molecule has 3 rings (SSSR count). The zero-order valence-corrected chi connectivity index (χ0v) is 9.81. The van der Waals surface area contributed by atoms with Crippen LogP contribution in [0.15, 0.2) is 30.6 Å². The summed E-state index contributed by atoms with van der Waals surface area (Å²) in [6, 6.07) is 8.92. The lowest BCUT2D eigenvalue weighted by Gasteiger charge is -2.09. The summed E-state index contributed by atoms with van der Waals surface area (Å²) in [4.78, 5) is 4.50. The van der Waals surface area contributed by atoms with E-state index in [1.165, 1.54) is 16.4 Å². The Morgan fingerprint density at radius 1 is 1.19 bits per heavy atom. The van der Waals surface area contributed by atoms with E-state index in [-0.39, 0.29) is 0 Å². The van der Waals surface area contributed by atoms with Crippen LogP contribution in [0.3, 0.4) is 0 Å². The average molecular weight is 213 g/mol. The van der Waals surface area contributed by atoms with Crippen molar-refractivity contribution >= 4 is 22.1 Å². The first-order chi connectivity index (χ1) is 7.70. The van der Waals surface area contributed by atoms with E-state index in [0.717, 1.165) is 5.65 Å². The van der Waals surface area contributed by atoms with Crippen LogP contribution >= 0.6 is 0 Å². The summed E-state index contributed by atoms with van der Waals surface area (Å²) in [5, 5.41) is 1.28. The predicted octanol–water partition coefficient (Wildman–Crippen LogP) is 3.11. The van der Waals surface area contributed by atoms with Gasteiger partial charge in [0, 0.05) is 18.5 Å². The van der Waals surface area contributed by atoms with E-state index < -0.39 is 0 Å². The van der Waals surface area contributed by atoms with E-state index in [1.54, 1.807) is 0 Å². The van der Waals surface area contributed by atoms with Crippen LogP contribution in [0.5, 0.6) is 0 Å². The molecule has 0 atom stereocenters. The van der Waals surface area contributed by atoms with Gasteiger partial charge >= 0.3 is 0 Å². The molecule has 0 saturated heterocycles. The van der Waals surface area contributed by atoms with Crippen molar-refractivity contribution in [2.75, 3.05) is 0 Å². The first-order valence-electron chi connectivity index (χ1n) is 5.60. The minimum Gasteiger partial charge on any atom is -0.332 e. The fraction of sp³-hybridized carbons (Fsp3) is 0.308. The molecule has 0 fully saturated rings.